The van der Waals surface area contributed by atoms with E-state index in [2.05, 4.69) is 6.58 Å². The van der Waals surface area contributed by atoms with Gasteiger partial charge in [-0.15, -0.1) is 6.58 Å². The van der Waals surface area contributed by atoms with E-state index in [9.17, 15) is 5.11 Å². The van der Waals surface area contributed by atoms with Crippen molar-refractivity contribution in [3.63, 3.8) is 0 Å². The molecule has 1 heteroatoms. The molecule has 0 heterocycles. The Balaban J connectivity index is 2.39. The first-order valence-electron chi connectivity index (χ1n) is 3.98. The van der Waals surface area contributed by atoms with Crippen molar-refractivity contribution < 1.29 is 5.11 Å². The lowest BCUT2D eigenvalue weighted by atomic mass is 9.72. The quantitative estimate of drug-likeness (QED) is 0.535. The van der Waals surface area contributed by atoms with Crippen LogP contribution in [0.1, 0.15) is 32.6 Å². The summed E-state index contributed by atoms with van der Waals surface area (Å²) in [5.74, 6) is 0.422. The zero-order valence-electron chi connectivity index (χ0n) is 6.60. The Kier molecular flexibility index (Phi) is 2.14. The molecule has 0 amide bonds. The van der Waals surface area contributed by atoms with Crippen molar-refractivity contribution in [3.05, 3.63) is 12.7 Å². The SMILES string of the molecule is C=CC[C@](C)([O])C1CCC1. The predicted octanol–water partition coefficient (Wildman–Crippen LogP) is 2.55. The van der Waals surface area contributed by atoms with Crippen molar-refractivity contribution >= 4 is 0 Å². The lowest BCUT2D eigenvalue weighted by molar-refractivity contribution is -0.0857. The Morgan fingerprint density at radius 3 is 2.60 bits per heavy atom. The van der Waals surface area contributed by atoms with E-state index in [0.717, 1.165) is 12.8 Å². The van der Waals surface area contributed by atoms with E-state index in [1.807, 2.05) is 0 Å². The molecule has 0 aromatic heterocycles. The average molecular weight is 139 g/mol. The molecule has 1 atom stereocenters. The molecule has 0 unspecified atom stereocenters. The highest BCUT2D eigenvalue weighted by atomic mass is 16.3. The molecular weight excluding hydrogens is 124 g/mol. The lowest BCUT2D eigenvalue weighted by Gasteiger charge is -2.36. The van der Waals surface area contributed by atoms with Gasteiger partial charge in [0, 0.05) is 0 Å². The van der Waals surface area contributed by atoms with Gasteiger partial charge in [-0.2, -0.15) is 0 Å². The fourth-order valence-corrected chi connectivity index (χ4v) is 1.47. The highest BCUT2D eigenvalue weighted by molar-refractivity contribution is 4.91. The third-order valence-electron chi connectivity index (χ3n) is 2.52. The van der Waals surface area contributed by atoms with Crippen LogP contribution in [0.25, 0.3) is 0 Å². The van der Waals surface area contributed by atoms with Crippen LogP contribution in [0.4, 0.5) is 0 Å². The third kappa shape index (κ3) is 1.40. The molecule has 57 valence electrons. The van der Waals surface area contributed by atoms with Crippen LogP contribution in [0.15, 0.2) is 12.7 Å². The van der Waals surface area contributed by atoms with Crippen molar-refractivity contribution in [2.45, 2.75) is 38.2 Å². The van der Waals surface area contributed by atoms with Crippen LogP contribution in [-0.2, 0) is 5.11 Å². The number of rotatable bonds is 3. The van der Waals surface area contributed by atoms with E-state index in [1.54, 1.807) is 13.0 Å². The zero-order chi connectivity index (χ0) is 7.61. The highest BCUT2D eigenvalue weighted by Gasteiger charge is 2.36. The van der Waals surface area contributed by atoms with Crippen LogP contribution in [0, 0.1) is 5.92 Å². The van der Waals surface area contributed by atoms with Gasteiger partial charge in [0.05, 0.1) is 0 Å². The number of hydrogen-bond acceptors (Lipinski definition) is 0. The Morgan fingerprint density at radius 1 is 1.70 bits per heavy atom. The van der Waals surface area contributed by atoms with Crippen molar-refractivity contribution in [2.75, 3.05) is 0 Å². The predicted molar refractivity (Wildman–Crippen MR) is 41.2 cm³/mol. The van der Waals surface area contributed by atoms with Gasteiger partial charge in [-0.05, 0) is 32.1 Å². The molecule has 1 saturated carbocycles. The van der Waals surface area contributed by atoms with Gasteiger partial charge in [-0.3, -0.25) is 0 Å². The van der Waals surface area contributed by atoms with E-state index in [0.29, 0.717) is 12.3 Å². The third-order valence-corrected chi connectivity index (χ3v) is 2.52. The van der Waals surface area contributed by atoms with Gasteiger partial charge in [-0.1, -0.05) is 12.5 Å². The molecule has 1 rings (SSSR count). The second-order valence-electron chi connectivity index (χ2n) is 3.43. The van der Waals surface area contributed by atoms with E-state index < -0.39 is 5.60 Å². The Hall–Kier alpha value is -0.300. The average Bonchev–Trinajstić information content (AvgIpc) is 1.56. The molecule has 0 aromatic rings. The Bertz CT molecular complexity index is 123. The molecule has 1 aliphatic rings. The smallest absolute Gasteiger partial charge is 0.107 e. The highest BCUT2D eigenvalue weighted by Crippen LogP contribution is 2.38. The minimum absolute atomic E-state index is 0.422. The van der Waals surface area contributed by atoms with Crippen LogP contribution in [0.5, 0.6) is 0 Å². The molecular formula is C9H15O. The minimum atomic E-state index is -0.722. The summed E-state index contributed by atoms with van der Waals surface area (Å²) in [5.41, 5.74) is -0.722. The standard InChI is InChI=1S/C9H15O/c1-3-7-9(2,10)8-5-4-6-8/h3,8H,1,4-7H2,2H3/t9-/m0/s1. The molecule has 0 bridgehead atoms. The monoisotopic (exact) mass is 139 g/mol. The van der Waals surface area contributed by atoms with Crippen LogP contribution in [-0.4, -0.2) is 5.60 Å². The van der Waals surface area contributed by atoms with Crippen LogP contribution in [0.3, 0.4) is 0 Å². The van der Waals surface area contributed by atoms with E-state index in [1.165, 1.54) is 6.42 Å². The summed E-state index contributed by atoms with van der Waals surface area (Å²) >= 11 is 0. The molecule has 1 radical (unpaired) electrons. The van der Waals surface area contributed by atoms with Crippen molar-refractivity contribution in [1.29, 1.82) is 0 Å². The van der Waals surface area contributed by atoms with Gasteiger partial charge in [0.2, 0.25) is 0 Å². The Morgan fingerprint density at radius 2 is 2.30 bits per heavy atom. The summed E-state index contributed by atoms with van der Waals surface area (Å²) in [6.45, 7) is 5.39. The van der Waals surface area contributed by atoms with E-state index in [4.69, 9.17) is 0 Å². The fourth-order valence-electron chi connectivity index (χ4n) is 1.47. The van der Waals surface area contributed by atoms with Crippen molar-refractivity contribution in [1.82, 2.24) is 0 Å². The van der Waals surface area contributed by atoms with Gasteiger partial charge < -0.3 is 0 Å². The molecule has 0 N–H and O–H groups in total. The fraction of sp³-hybridized carbons (Fsp3) is 0.778. The maximum atomic E-state index is 11.6. The molecule has 10 heavy (non-hydrogen) atoms. The second-order valence-corrected chi connectivity index (χ2v) is 3.43. The normalized spacial score (nSPS) is 25.0. The first kappa shape index (κ1) is 7.80. The van der Waals surface area contributed by atoms with Crippen LogP contribution in [0.2, 0.25) is 0 Å². The summed E-state index contributed by atoms with van der Waals surface area (Å²) in [4.78, 5) is 0. The second kappa shape index (κ2) is 2.75. The molecule has 0 spiro atoms. The topological polar surface area (TPSA) is 19.9 Å². The summed E-state index contributed by atoms with van der Waals surface area (Å²) in [6, 6.07) is 0. The van der Waals surface area contributed by atoms with Gasteiger partial charge in [0.15, 0.2) is 0 Å². The molecule has 1 nitrogen and oxygen atoms in total. The maximum Gasteiger partial charge on any atom is 0.107 e. The van der Waals surface area contributed by atoms with Gasteiger partial charge >= 0.3 is 0 Å². The van der Waals surface area contributed by atoms with Gasteiger partial charge in [-0.25, -0.2) is 5.11 Å². The zero-order valence-corrected chi connectivity index (χ0v) is 6.60. The maximum absolute atomic E-state index is 11.6. The van der Waals surface area contributed by atoms with Gasteiger partial charge in [0.1, 0.15) is 5.60 Å². The lowest BCUT2D eigenvalue weighted by Crippen LogP contribution is -2.36. The largest absolute Gasteiger partial charge is 0.229 e. The molecule has 0 saturated heterocycles. The first-order valence-corrected chi connectivity index (χ1v) is 3.98. The van der Waals surface area contributed by atoms with E-state index in [-0.39, 0.29) is 0 Å². The molecule has 1 aliphatic carbocycles. The summed E-state index contributed by atoms with van der Waals surface area (Å²) in [5, 5.41) is 11.6. The molecule has 1 fully saturated rings. The summed E-state index contributed by atoms with van der Waals surface area (Å²) in [7, 11) is 0. The summed E-state index contributed by atoms with van der Waals surface area (Å²) < 4.78 is 0. The van der Waals surface area contributed by atoms with Crippen molar-refractivity contribution in [2.24, 2.45) is 5.92 Å². The first-order chi connectivity index (χ1) is 4.67. The van der Waals surface area contributed by atoms with Crippen LogP contribution < -0.4 is 0 Å². The van der Waals surface area contributed by atoms with E-state index >= 15 is 0 Å². The van der Waals surface area contributed by atoms with Gasteiger partial charge in [0.25, 0.3) is 0 Å². The minimum Gasteiger partial charge on any atom is -0.229 e. The van der Waals surface area contributed by atoms with Crippen LogP contribution >= 0.6 is 0 Å². The molecule has 0 aromatic carbocycles. The number of hydrogen-bond donors (Lipinski definition) is 0. The van der Waals surface area contributed by atoms with Crippen molar-refractivity contribution in [3.8, 4) is 0 Å². The Labute approximate surface area is 62.8 Å². The molecule has 0 aliphatic heterocycles. The summed E-state index contributed by atoms with van der Waals surface area (Å²) in [6.07, 6.45) is 5.88.